The fraction of sp³-hybridized carbons (Fsp3) is 0.500. The number of nitrogens with one attached hydrogen (secondary N) is 2. The molecule has 0 radical (unpaired) electrons. The quantitative estimate of drug-likeness (QED) is 0.297. The zero-order chi connectivity index (χ0) is 14.6. The second kappa shape index (κ2) is 12.8. The molecule has 0 aliphatic heterocycles. The highest BCUT2D eigenvalue weighted by atomic mass is 127. The molecule has 0 aromatic heterocycles. The number of ether oxygens (including phenoxy) is 2. The van der Waals surface area contributed by atoms with Crippen LogP contribution in [-0.4, -0.2) is 46.5 Å². The van der Waals surface area contributed by atoms with Crippen molar-refractivity contribution in [2.45, 2.75) is 6.54 Å². The largest absolute Gasteiger partial charge is 0.382 e. The van der Waals surface area contributed by atoms with Crippen LogP contribution in [0, 0.1) is 5.82 Å². The molecule has 0 atom stereocenters. The zero-order valence-electron chi connectivity index (χ0n) is 12.4. The summed E-state index contributed by atoms with van der Waals surface area (Å²) in [4.78, 5) is 4.06. The van der Waals surface area contributed by atoms with E-state index < -0.39 is 0 Å². The summed E-state index contributed by atoms with van der Waals surface area (Å²) < 4.78 is 23.6. The van der Waals surface area contributed by atoms with Gasteiger partial charge in [0.25, 0.3) is 0 Å². The number of hydrogen-bond acceptors (Lipinski definition) is 3. The molecule has 1 aromatic carbocycles. The first-order valence-electron chi connectivity index (χ1n) is 6.52. The maximum Gasteiger partial charge on any atom is 0.191 e. The standard InChI is InChI=1S/C14H22FN3O2.HI/c1-16-14(17-7-8-20-10-9-19-2)18-11-12-5-3-4-6-13(12)15;/h3-6H,7-11H2,1-2H3,(H2,16,17,18);1H. The first kappa shape index (κ1) is 20.1. The first-order chi connectivity index (χ1) is 9.77. The van der Waals surface area contributed by atoms with Crippen LogP contribution in [0.4, 0.5) is 4.39 Å². The molecule has 120 valence electrons. The summed E-state index contributed by atoms with van der Waals surface area (Å²) in [7, 11) is 3.30. The van der Waals surface area contributed by atoms with Gasteiger partial charge in [0, 0.05) is 32.8 Å². The van der Waals surface area contributed by atoms with Gasteiger partial charge in [0.05, 0.1) is 19.8 Å². The van der Waals surface area contributed by atoms with Crippen LogP contribution in [0.3, 0.4) is 0 Å². The Morgan fingerprint density at radius 2 is 1.95 bits per heavy atom. The van der Waals surface area contributed by atoms with Gasteiger partial charge >= 0.3 is 0 Å². The third-order valence-corrected chi connectivity index (χ3v) is 2.60. The molecule has 0 saturated heterocycles. The summed E-state index contributed by atoms with van der Waals surface area (Å²) in [6.45, 7) is 2.72. The number of benzene rings is 1. The van der Waals surface area contributed by atoms with Crippen molar-refractivity contribution in [2.75, 3.05) is 40.5 Å². The van der Waals surface area contributed by atoms with Crippen molar-refractivity contribution in [3.8, 4) is 0 Å². The number of methoxy groups -OCH3 is 1. The second-order valence-corrected chi connectivity index (χ2v) is 4.05. The van der Waals surface area contributed by atoms with E-state index in [1.54, 1.807) is 32.4 Å². The minimum absolute atomic E-state index is 0. The third-order valence-electron chi connectivity index (χ3n) is 2.60. The number of halogens is 2. The van der Waals surface area contributed by atoms with Crippen LogP contribution in [-0.2, 0) is 16.0 Å². The number of nitrogens with zero attached hydrogens (tertiary/aromatic N) is 1. The highest BCUT2D eigenvalue weighted by Crippen LogP contribution is 2.05. The van der Waals surface area contributed by atoms with Gasteiger partial charge in [-0.15, -0.1) is 24.0 Å². The van der Waals surface area contributed by atoms with Gasteiger partial charge in [-0.1, -0.05) is 18.2 Å². The lowest BCUT2D eigenvalue weighted by Gasteiger charge is -2.12. The monoisotopic (exact) mass is 411 g/mol. The summed E-state index contributed by atoms with van der Waals surface area (Å²) in [6, 6.07) is 6.66. The molecule has 1 rings (SSSR count). The maximum absolute atomic E-state index is 13.4. The smallest absolute Gasteiger partial charge is 0.191 e. The third kappa shape index (κ3) is 8.84. The Bertz CT molecular complexity index is 419. The summed E-state index contributed by atoms with van der Waals surface area (Å²) in [6.07, 6.45) is 0. The molecule has 0 heterocycles. The van der Waals surface area contributed by atoms with Crippen molar-refractivity contribution in [3.05, 3.63) is 35.6 Å². The minimum atomic E-state index is -0.224. The van der Waals surface area contributed by atoms with E-state index in [9.17, 15) is 4.39 Å². The van der Waals surface area contributed by atoms with Crippen molar-refractivity contribution in [1.29, 1.82) is 0 Å². The molecular formula is C14H23FIN3O2. The van der Waals surface area contributed by atoms with E-state index in [0.29, 0.717) is 44.4 Å². The number of rotatable bonds is 8. The zero-order valence-corrected chi connectivity index (χ0v) is 14.7. The highest BCUT2D eigenvalue weighted by Gasteiger charge is 2.02. The molecule has 0 aliphatic rings. The lowest BCUT2D eigenvalue weighted by atomic mass is 10.2. The molecule has 0 bridgehead atoms. The van der Waals surface area contributed by atoms with E-state index in [0.717, 1.165) is 0 Å². The van der Waals surface area contributed by atoms with Gasteiger partial charge in [-0.05, 0) is 6.07 Å². The van der Waals surface area contributed by atoms with Gasteiger partial charge in [0.2, 0.25) is 0 Å². The van der Waals surface area contributed by atoms with Crippen LogP contribution in [0.5, 0.6) is 0 Å². The van der Waals surface area contributed by atoms with Gasteiger partial charge < -0.3 is 20.1 Å². The fourth-order valence-corrected chi connectivity index (χ4v) is 1.53. The molecular weight excluding hydrogens is 388 g/mol. The summed E-state index contributed by atoms with van der Waals surface area (Å²) in [5, 5.41) is 6.13. The van der Waals surface area contributed by atoms with Crippen LogP contribution in [0.25, 0.3) is 0 Å². The second-order valence-electron chi connectivity index (χ2n) is 4.05. The van der Waals surface area contributed by atoms with Crippen LogP contribution >= 0.6 is 24.0 Å². The SMILES string of the molecule is CN=C(NCCOCCOC)NCc1ccccc1F.I. The maximum atomic E-state index is 13.4. The van der Waals surface area contributed by atoms with Crippen molar-refractivity contribution >= 4 is 29.9 Å². The van der Waals surface area contributed by atoms with Crippen molar-refractivity contribution in [2.24, 2.45) is 4.99 Å². The van der Waals surface area contributed by atoms with Gasteiger partial charge in [0.1, 0.15) is 5.82 Å². The van der Waals surface area contributed by atoms with E-state index in [2.05, 4.69) is 15.6 Å². The molecule has 0 fully saturated rings. The van der Waals surface area contributed by atoms with Crippen LogP contribution in [0.15, 0.2) is 29.3 Å². The summed E-state index contributed by atoms with van der Waals surface area (Å²) in [5.74, 6) is 0.391. The Labute approximate surface area is 142 Å². The average molecular weight is 411 g/mol. The molecule has 2 N–H and O–H groups in total. The fourth-order valence-electron chi connectivity index (χ4n) is 1.53. The first-order valence-corrected chi connectivity index (χ1v) is 6.52. The molecule has 0 saturated carbocycles. The molecule has 0 aliphatic carbocycles. The molecule has 1 aromatic rings. The predicted octanol–water partition coefficient (Wildman–Crippen LogP) is 1.77. The Morgan fingerprint density at radius 3 is 2.62 bits per heavy atom. The lowest BCUT2D eigenvalue weighted by molar-refractivity contribution is 0.0733. The van der Waals surface area contributed by atoms with Crippen molar-refractivity contribution in [1.82, 2.24) is 10.6 Å². The minimum Gasteiger partial charge on any atom is -0.382 e. The van der Waals surface area contributed by atoms with Crippen LogP contribution in [0.2, 0.25) is 0 Å². The van der Waals surface area contributed by atoms with Crippen LogP contribution < -0.4 is 10.6 Å². The molecule has 0 spiro atoms. The van der Waals surface area contributed by atoms with Crippen molar-refractivity contribution < 1.29 is 13.9 Å². The Balaban J connectivity index is 0.00000400. The average Bonchev–Trinajstić information content (AvgIpc) is 2.47. The Hall–Kier alpha value is -0.930. The molecule has 0 amide bonds. The van der Waals surface area contributed by atoms with Gasteiger partial charge in [-0.25, -0.2) is 4.39 Å². The van der Waals surface area contributed by atoms with E-state index in [-0.39, 0.29) is 29.8 Å². The topological polar surface area (TPSA) is 54.9 Å². The van der Waals surface area contributed by atoms with Crippen LogP contribution in [0.1, 0.15) is 5.56 Å². The summed E-state index contributed by atoms with van der Waals surface area (Å²) in [5.41, 5.74) is 0.604. The number of hydrogen-bond donors (Lipinski definition) is 2. The van der Waals surface area contributed by atoms with Gasteiger partial charge in [-0.3, -0.25) is 4.99 Å². The normalized spacial score (nSPS) is 10.9. The molecule has 7 heteroatoms. The van der Waals surface area contributed by atoms with E-state index in [1.807, 2.05) is 0 Å². The van der Waals surface area contributed by atoms with Crippen molar-refractivity contribution in [3.63, 3.8) is 0 Å². The van der Waals surface area contributed by atoms with Gasteiger partial charge in [-0.2, -0.15) is 0 Å². The van der Waals surface area contributed by atoms with Gasteiger partial charge in [0.15, 0.2) is 5.96 Å². The molecule has 21 heavy (non-hydrogen) atoms. The molecule has 5 nitrogen and oxygen atoms in total. The lowest BCUT2D eigenvalue weighted by Crippen LogP contribution is -2.38. The highest BCUT2D eigenvalue weighted by molar-refractivity contribution is 14.0. The number of guanidine groups is 1. The molecule has 0 unspecified atom stereocenters. The number of aliphatic imine (C=N–C) groups is 1. The Morgan fingerprint density at radius 1 is 1.19 bits per heavy atom. The Kier molecular flexibility index (Phi) is 12.2. The summed E-state index contributed by atoms with van der Waals surface area (Å²) >= 11 is 0. The van der Waals surface area contributed by atoms with E-state index in [4.69, 9.17) is 9.47 Å². The predicted molar refractivity (Wildman–Crippen MR) is 92.7 cm³/mol. The van der Waals surface area contributed by atoms with E-state index >= 15 is 0 Å². The van der Waals surface area contributed by atoms with E-state index in [1.165, 1.54) is 6.07 Å².